The number of rotatable bonds is 2. The Labute approximate surface area is 60.4 Å². The zero-order chi connectivity index (χ0) is 7.49. The zero-order valence-electron chi connectivity index (χ0n) is 5.39. The van der Waals surface area contributed by atoms with Crippen LogP contribution in [-0.4, -0.2) is 14.7 Å². The highest BCUT2D eigenvalue weighted by molar-refractivity contribution is 7.96. The summed E-state index contributed by atoms with van der Waals surface area (Å²) in [4.78, 5) is 0. The van der Waals surface area contributed by atoms with Crippen LogP contribution in [0.2, 0.25) is 0 Å². The Hall–Kier alpha value is -0.0200. The summed E-state index contributed by atoms with van der Waals surface area (Å²) in [5.41, 5.74) is 0. The van der Waals surface area contributed by atoms with Gasteiger partial charge < -0.3 is 0 Å². The van der Waals surface area contributed by atoms with Crippen LogP contribution in [0, 0.1) is 0 Å². The third kappa shape index (κ3) is 3.54. The largest absolute Gasteiger partial charge is 0.223 e. The Morgan fingerprint density at radius 1 is 1.67 bits per heavy atom. The van der Waals surface area contributed by atoms with Crippen molar-refractivity contribution >= 4 is 21.4 Å². The van der Waals surface area contributed by atoms with Crippen molar-refractivity contribution in [1.82, 2.24) is 0 Å². The fraction of sp³-hybridized carbons (Fsp3) is 0.600. The van der Waals surface area contributed by atoms with Crippen molar-refractivity contribution in [3.63, 3.8) is 0 Å². The molecule has 0 aromatic heterocycles. The topological polar surface area (TPSA) is 34.1 Å². The summed E-state index contributed by atoms with van der Waals surface area (Å²) in [6, 6.07) is 0. The van der Waals surface area contributed by atoms with E-state index >= 15 is 0 Å². The highest BCUT2D eigenvalue weighted by Gasteiger charge is 2.04. The molecule has 0 N–H and O–H groups in total. The minimum absolute atomic E-state index is 0.0648. The van der Waals surface area contributed by atoms with Crippen LogP contribution in [-0.2, 0) is 9.84 Å². The molecule has 0 bridgehead atoms. The van der Waals surface area contributed by atoms with Gasteiger partial charge in [0.15, 0.2) is 9.84 Å². The van der Waals surface area contributed by atoms with Crippen LogP contribution in [0.25, 0.3) is 0 Å². The van der Waals surface area contributed by atoms with Gasteiger partial charge in [-0.05, 0) is 6.42 Å². The van der Waals surface area contributed by atoms with Crippen LogP contribution in [0.15, 0.2) is 10.4 Å². The Kier molecular flexibility index (Phi) is 3.22. The van der Waals surface area contributed by atoms with Gasteiger partial charge in [0.2, 0.25) is 0 Å². The molecule has 0 aliphatic heterocycles. The molecule has 0 atom stereocenters. The lowest BCUT2D eigenvalue weighted by Gasteiger charge is -1.90. The minimum atomic E-state index is -3.14. The molecule has 2 nitrogen and oxygen atoms in total. The van der Waals surface area contributed by atoms with E-state index in [-0.39, 0.29) is 4.36 Å². The van der Waals surface area contributed by atoms with Crippen molar-refractivity contribution in [3.8, 4) is 0 Å². The van der Waals surface area contributed by atoms with Gasteiger partial charge in [-0.15, -0.1) is 0 Å². The number of hydrogen-bond acceptors (Lipinski definition) is 2. The van der Waals surface area contributed by atoms with Crippen molar-refractivity contribution < 1.29 is 8.42 Å². The summed E-state index contributed by atoms with van der Waals surface area (Å²) in [6.07, 6.45) is 3.20. The molecule has 0 unspecified atom stereocenters. The van der Waals surface area contributed by atoms with Crippen molar-refractivity contribution in [1.29, 1.82) is 0 Å². The summed E-state index contributed by atoms with van der Waals surface area (Å²) in [7, 11) is -3.14. The molecule has 0 spiro atoms. The van der Waals surface area contributed by atoms with Crippen LogP contribution in [0.3, 0.4) is 0 Å². The fourth-order valence-corrected chi connectivity index (χ4v) is 0.936. The van der Waals surface area contributed by atoms with E-state index in [0.717, 1.165) is 6.26 Å². The Morgan fingerprint density at radius 3 is 2.22 bits per heavy atom. The monoisotopic (exact) mass is 168 g/mol. The number of hydrogen-bond donors (Lipinski definition) is 0. The molecule has 0 saturated heterocycles. The van der Waals surface area contributed by atoms with Crippen LogP contribution in [0.1, 0.15) is 13.3 Å². The normalized spacial score (nSPS) is 13.9. The van der Waals surface area contributed by atoms with E-state index in [2.05, 4.69) is 0 Å². The third-order valence-electron chi connectivity index (χ3n) is 0.719. The number of halogens is 1. The van der Waals surface area contributed by atoms with Crippen LogP contribution in [0.5, 0.6) is 0 Å². The van der Waals surface area contributed by atoms with E-state index < -0.39 is 9.84 Å². The molecule has 0 radical (unpaired) electrons. The first-order chi connectivity index (χ1) is 3.98. The molecule has 9 heavy (non-hydrogen) atoms. The molecule has 0 amide bonds. The van der Waals surface area contributed by atoms with Gasteiger partial charge in [0.1, 0.15) is 4.36 Å². The van der Waals surface area contributed by atoms with Crippen molar-refractivity contribution in [2.24, 2.45) is 0 Å². The van der Waals surface area contributed by atoms with Gasteiger partial charge in [-0.1, -0.05) is 24.6 Å². The molecule has 4 heteroatoms. The number of allylic oxidation sites excluding steroid dienone is 1. The maximum Gasteiger partial charge on any atom is 0.185 e. The second-order valence-corrected chi connectivity index (χ2v) is 4.30. The number of sulfone groups is 1. The fourth-order valence-electron chi connectivity index (χ4n) is 0.312. The van der Waals surface area contributed by atoms with E-state index in [4.69, 9.17) is 11.6 Å². The molecule has 0 fully saturated rings. The minimum Gasteiger partial charge on any atom is -0.223 e. The predicted octanol–water partition coefficient (Wildman–Crippen LogP) is 1.52. The van der Waals surface area contributed by atoms with Crippen molar-refractivity contribution in [2.75, 3.05) is 6.26 Å². The highest BCUT2D eigenvalue weighted by atomic mass is 35.5. The maximum absolute atomic E-state index is 10.5. The molecule has 0 aromatic rings. The standard InChI is InChI=1S/C5H9ClO2S/c1-3-4-5(6)9(2,7)8/h4H,3H2,1-2H3. The van der Waals surface area contributed by atoms with E-state index in [0.29, 0.717) is 6.42 Å². The van der Waals surface area contributed by atoms with E-state index in [1.165, 1.54) is 6.08 Å². The second-order valence-electron chi connectivity index (χ2n) is 1.69. The van der Waals surface area contributed by atoms with E-state index in [9.17, 15) is 8.42 Å². The van der Waals surface area contributed by atoms with Crippen molar-refractivity contribution in [2.45, 2.75) is 13.3 Å². The Morgan fingerprint density at radius 2 is 2.11 bits per heavy atom. The average molecular weight is 169 g/mol. The first kappa shape index (κ1) is 8.98. The van der Waals surface area contributed by atoms with E-state index in [1.54, 1.807) is 0 Å². The van der Waals surface area contributed by atoms with Gasteiger partial charge in [-0.3, -0.25) is 0 Å². The molecule has 0 aliphatic carbocycles. The van der Waals surface area contributed by atoms with Crippen LogP contribution in [0.4, 0.5) is 0 Å². The summed E-state index contributed by atoms with van der Waals surface area (Å²) >= 11 is 5.33. The quantitative estimate of drug-likeness (QED) is 0.627. The second kappa shape index (κ2) is 3.22. The SMILES string of the molecule is CCC=C(Cl)S(C)(=O)=O. The molecule has 0 saturated carbocycles. The van der Waals surface area contributed by atoms with Crippen LogP contribution < -0.4 is 0 Å². The van der Waals surface area contributed by atoms with Gasteiger partial charge in [0, 0.05) is 6.26 Å². The van der Waals surface area contributed by atoms with Gasteiger partial charge in [-0.2, -0.15) is 0 Å². The van der Waals surface area contributed by atoms with Gasteiger partial charge >= 0.3 is 0 Å². The lowest BCUT2D eigenvalue weighted by atomic mass is 10.5. The molecule has 0 aliphatic rings. The molecular formula is C5H9ClO2S. The third-order valence-corrected chi connectivity index (χ3v) is 2.59. The Balaban J connectivity index is 4.41. The molecule has 0 aromatic carbocycles. The first-order valence-corrected chi connectivity index (χ1v) is 4.81. The Bertz CT molecular complexity index is 203. The summed E-state index contributed by atoms with van der Waals surface area (Å²) < 4.78 is 21.0. The first-order valence-electron chi connectivity index (χ1n) is 2.54. The highest BCUT2D eigenvalue weighted by Crippen LogP contribution is 2.09. The predicted molar refractivity (Wildman–Crippen MR) is 39.1 cm³/mol. The molecule has 54 valence electrons. The smallest absolute Gasteiger partial charge is 0.185 e. The average Bonchev–Trinajstić information content (AvgIpc) is 1.64. The van der Waals surface area contributed by atoms with Gasteiger partial charge in [-0.25, -0.2) is 8.42 Å². The van der Waals surface area contributed by atoms with Crippen LogP contribution >= 0.6 is 11.6 Å². The zero-order valence-corrected chi connectivity index (χ0v) is 6.96. The summed E-state index contributed by atoms with van der Waals surface area (Å²) in [5, 5.41) is 0. The summed E-state index contributed by atoms with van der Waals surface area (Å²) in [6.45, 7) is 1.83. The van der Waals surface area contributed by atoms with Gasteiger partial charge in [0.25, 0.3) is 0 Å². The lowest BCUT2D eigenvalue weighted by molar-refractivity contribution is 0.609. The van der Waals surface area contributed by atoms with Gasteiger partial charge in [0.05, 0.1) is 0 Å². The van der Waals surface area contributed by atoms with Crippen molar-refractivity contribution in [3.05, 3.63) is 10.4 Å². The molecule has 0 heterocycles. The maximum atomic E-state index is 10.5. The summed E-state index contributed by atoms with van der Waals surface area (Å²) in [5.74, 6) is 0. The molecular weight excluding hydrogens is 160 g/mol. The van der Waals surface area contributed by atoms with E-state index in [1.807, 2.05) is 6.92 Å². The lowest BCUT2D eigenvalue weighted by Crippen LogP contribution is -1.93. The molecule has 0 rings (SSSR count).